The van der Waals surface area contributed by atoms with E-state index in [1.807, 2.05) is 0 Å². The number of benzene rings is 1. The molecule has 1 aliphatic rings. The van der Waals surface area contributed by atoms with Gasteiger partial charge in [0, 0.05) is 23.4 Å². The lowest BCUT2D eigenvalue weighted by Crippen LogP contribution is -2.06. The first-order chi connectivity index (χ1) is 10.6. The molecule has 0 atom stereocenters. The lowest BCUT2D eigenvalue weighted by molar-refractivity contribution is -0.110. The molecule has 1 aromatic heterocycles. The highest BCUT2D eigenvalue weighted by atomic mass is 35.5. The van der Waals surface area contributed by atoms with Crippen molar-refractivity contribution >= 4 is 34.6 Å². The van der Waals surface area contributed by atoms with Gasteiger partial charge in [-0.05, 0) is 24.3 Å². The van der Waals surface area contributed by atoms with Crippen LogP contribution >= 0.6 is 11.6 Å². The van der Waals surface area contributed by atoms with Gasteiger partial charge in [0.1, 0.15) is 0 Å². The van der Waals surface area contributed by atoms with Crippen LogP contribution in [0.2, 0.25) is 5.02 Å². The molecule has 0 saturated heterocycles. The van der Waals surface area contributed by atoms with Gasteiger partial charge in [-0.25, -0.2) is 4.98 Å². The fraction of sp³-hybridized carbons (Fsp3) is 0.0625. The van der Waals surface area contributed by atoms with E-state index in [-0.39, 0.29) is 17.3 Å². The van der Waals surface area contributed by atoms with Crippen LogP contribution in [0.4, 0.5) is 5.69 Å². The molecule has 0 unspecified atom stereocenters. The summed E-state index contributed by atoms with van der Waals surface area (Å²) in [6, 6.07) is 8.32. The van der Waals surface area contributed by atoms with Crippen molar-refractivity contribution in [1.82, 2.24) is 4.98 Å². The second kappa shape index (κ2) is 5.61. The number of rotatable bonds is 3. The van der Waals surface area contributed by atoms with Crippen LogP contribution in [0.25, 0.3) is 5.57 Å². The number of carbonyl (C=O) groups excluding carboxylic acids is 2. The third-order valence-corrected chi connectivity index (χ3v) is 3.60. The van der Waals surface area contributed by atoms with Crippen LogP contribution in [0.3, 0.4) is 0 Å². The van der Waals surface area contributed by atoms with Crippen molar-refractivity contribution < 1.29 is 14.3 Å². The van der Waals surface area contributed by atoms with Crippen molar-refractivity contribution in [2.24, 2.45) is 0 Å². The first-order valence-electron chi connectivity index (χ1n) is 6.46. The zero-order valence-corrected chi connectivity index (χ0v) is 12.3. The average molecular weight is 315 g/mol. The molecule has 110 valence electrons. The Morgan fingerprint density at radius 1 is 1.32 bits per heavy atom. The Morgan fingerprint density at radius 2 is 2.14 bits per heavy atom. The number of amides is 1. The number of pyridine rings is 1. The number of nitrogens with one attached hydrogen (secondary N) is 1. The van der Waals surface area contributed by atoms with E-state index in [1.54, 1.807) is 30.3 Å². The number of aromatic nitrogens is 1. The number of methoxy groups -OCH3 is 1. The number of carbonyl (C=O) groups is 2. The number of nitrogens with zero attached hydrogens (tertiary/aromatic N) is 1. The number of allylic oxidation sites excluding steroid dienone is 1. The smallest absolute Gasteiger partial charge is 0.256 e. The van der Waals surface area contributed by atoms with Crippen molar-refractivity contribution in [3.63, 3.8) is 0 Å². The highest BCUT2D eigenvalue weighted by Crippen LogP contribution is 2.37. The number of anilines is 1. The van der Waals surface area contributed by atoms with E-state index in [0.29, 0.717) is 27.7 Å². The van der Waals surface area contributed by atoms with Gasteiger partial charge >= 0.3 is 0 Å². The molecule has 1 aliphatic heterocycles. The molecule has 3 rings (SSSR count). The highest BCUT2D eigenvalue weighted by Gasteiger charge is 2.27. The second-order valence-electron chi connectivity index (χ2n) is 4.63. The maximum atomic E-state index is 12.3. The lowest BCUT2D eigenvalue weighted by atomic mass is 10.0. The predicted octanol–water partition coefficient (Wildman–Crippen LogP) is 2.96. The van der Waals surface area contributed by atoms with E-state index in [4.69, 9.17) is 16.3 Å². The van der Waals surface area contributed by atoms with Crippen molar-refractivity contribution in [2.75, 3.05) is 12.4 Å². The molecule has 2 heterocycles. The summed E-state index contributed by atoms with van der Waals surface area (Å²) in [5, 5.41) is 3.10. The van der Waals surface area contributed by atoms with Gasteiger partial charge in [-0.3, -0.25) is 9.59 Å². The maximum absolute atomic E-state index is 12.3. The first-order valence-corrected chi connectivity index (χ1v) is 6.84. The lowest BCUT2D eigenvalue weighted by Gasteiger charge is -2.02. The topological polar surface area (TPSA) is 68.3 Å². The predicted molar refractivity (Wildman–Crippen MR) is 83.2 cm³/mol. The van der Waals surface area contributed by atoms with Gasteiger partial charge < -0.3 is 10.1 Å². The normalized spacial score (nSPS) is 14.6. The SMILES string of the molecule is COc1ccc(C(=O)/C=C2/C(=O)Nc3cccc(Cl)c32)cn1. The zero-order valence-electron chi connectivity index (χ0n) is 11.6. The van der Waals surface area contributed by atoms with Crippen LogP contribution in [0.15, 0.2) is 42.6 Å². The number of halogens is 1. The Hall–Kier alpha value is -2.66. The van der Waals surface area contributed by atoms with Gasteiger partial charge in [-0.15, -0.1) is 0 Å². The fourth-order valence-electron chi connectivity index (χ4n) is 2.20. The minimum Gasteiger partial charge on any atom is -0.481 e. The zero-order chi connectivity index (χ0) is 15.7. The largest absolute Gasteiger partial charge is 0.481 e. The molecule has 0 bridgehead atoms. The summed E-state index contributed by atoms with van der Waals surface area (Å²) in [7, 11) is 1.49. The molecule has 1 amide bonds. The minimum absolute atomic E-state index is 0.251. The van der Waals surface area contributed by atoms with Crippen LogP contribution in [-0.2, 0) is 4.79 Å². The van der Waals surface area contributed by atoms with E-state index in [2.05, 4.69) is 10.3 Å². The Balaban J connectivity index is 1.98. The molecule has 0 radical (unpaired) electrons. The molecule has 0 spiro atoms. The molecule has 0 fully saturated rings. The third kappa shape index (κ3) is 2.46. The summed E-state index contributed by atoms with van der Waals surface area (Å²) in [4.78, 5) is 28.3. The van der Waals surface area contributed by atoms with Crippen LogP contribution < -0.4 is 10.1 Å². The van der Waals surface area contributed by atoms with Crippen LogP contribution in [0.5, 0.6) is 5.88 Å². The van der Waals surface area contributed by atoms with Crippen LogP contribution in [-0.4, -0.2) is 23.8 Å². The molecule has 2 aromatic rings. The molecule has 0 saturated carbocycles. The Bertz CT molecular complexity index is 798. The summed E-state index contributed by atoms with van der Waals surface area (Å²) in [6.07, 6.45) is 2.68. The van der Waals surface area contributed by atoms with Crippen LogP contribution in [0.1, 0.15) is 15.9 Å². The summed E-state index contributed by atoms with van der Waals surface area (Å²) in [6.45, 7) is 0. The van der Waals surface area contributed by atoms with E-state index < -0.39 is 0 Å². The standard InChI is InChI=1S/C16H11ClN2O3/c1-22-14-6-5-9(8-18-14)13(20)7-10-15-11(17)3-2-4-12(15)19-16(10)21/h2-8H,1H3,(H,19,21)/b10-7+. The maximum Gasteiger partial charge on any atom is 0.256 e. The van der Waals surface area contributed by atoms with Gasteiger partial charge in [0.25, 0.3) is 5.91 Å². The Labute approximate surface area is 131 Å². The quantitative estimate of drug-likeness (QED) is 0.698. The van der Waals surface area contributed by atoms with Crippen LogP contribution in [0, 0.1) is 0 Å². The summed E-state index contributed by atoms with van der Waals surface area (Å²) in [5.74, 6) is -0.262. The molecule has 6 heteroatoms. The molecule has 22 heavy (non-hydrogen) atoms. The van der Waals surface area contributed by atoms with Gasteiger partial charge in [-0.2, -0.15) is 0 Å². The number of fused-ring (bicyclic) bond motifs is 1. The van der Waals surface area contributed by atoms with E-state index in [0.717, 1.165) is 0 Å². The third-order valence-electron chi connectivity index (χ3n) is 3.28. The average Bonchev–Trinajstić information content (AvgIpc) is 2.84. The number of ether oxygens (including phenoxy) is 1. The fourth-order valence-corrected chi connectivity index (χ4v) is 2.48. The summed E-state index contributed by atoms with van der Waals surface area (Å²) >= 11 is 6.13. The second-order valence-corrected chi connectivity index (χ2v) is 5.04. The molecule has 1 aromatic carbocycles. The first kappa shape index (κ1) is 14.3. The molecular formula is C16H11ClN2O3. The van der Waals surface area contributed by atoms with Gasteiger partial charge in [-0.1, -0.05) is 17.7 Å². The molecule has 0 aliphatic carbocycles. The number of hydrogen-bond donors (Lipinski definition) is 1. The molecule has 5 nitrogen and oxygen atoms in total. The van der Waals surface area contributed by atoms with Gasteiger partial charge in [0.15, 0.2) is 5.78 Å². The van der Waals surface area contributed by atoms with E-state index in [1.165, 1.54) is 19.4 Å². The molecular weight excluding hydrogens is 304 g/mol. The van der Waals surface area contributed by atoms with Crippen molar-refractivity contribution in [3.8, 4) is 5.88 Å². The summed E-state index contributed by atoms with van der Waals surface area (Å²) in [5.41, 5.74) is 1.76. The van der Waals surface area contributed by atoms with Gasteiger partial charge in [0.05, 0.1) is 23.4 Å². The van der Waals surface area contributed by atoms with E-state index in [9.17, 15) is 9.59 Å². The Kier molecular flexibility index (Phi) is 3.65. The Morgan fingerprint density at radius 3 is 2.82 bits per heavy atom. The molecule has 1 N–H and O–H groups in total. The van der Waals surface area contributed by atoms with Gasteiger partial charge in [0.2, 0.25) is 5.88 Å². The summed E-state index contributed by atoms with van der Waals surface area (Å²) < 4.78 is 4.94. The highest BCUT2D eigenvalue weighted by molar-refractivity contribution is 6.41. The van der Waals surface area contributed by atoms with E-state index >= 15 is 0 Å². The number of ketones is 1. The van der Waals surface area contributed by atoms with Crippen molar-refractivity contribution in [3.05, 3.63) is 58.8 Å². The number of hydrogen-bond acceptors (Lipinski definition) is 4. The minimum atomic E-state index is -0.349. The van der Waals surface area contributed by atoms with Crippen molar-refractivity contribution in [2.45, 2.75) is 0 Å². The monoisotopic (exact) mass is 314 g/mol. The van der Waals surface area contributed by atoms with Crippen molar-refractivity contribution in [1.29, 1.82) is 0 Å².